The molecule has 1 saturated heterocycles. The molecule has 0 aromatic heterocycles. The molecule has 1 heterocycles. The van der Waals surface area contributed by atoms with E-state index >= 15 is 0 Å². The van der Waals surface area contributed by atoms with Gasteiger partial charge in [0.15, 0.2) is 0 Å². The van der Waals surface area contributed by atoms with E-state index in [4.69, 9.17) is 0 Å². The van der Waals surface area contributed by atoms with Gasteiger partial charge in [0.05, 0.1) is 0 Å². The smallest absolute Gasteiger partial charge is 0.222 e. The summed E-state index contributed by atoms with van der Waals surface area (Å²) in [6.45, 7) is 13.0. The van der Waals surface area contributed by atoms with Gasteiger partial charge in [-0.1, -0.05) is 34.6 Å². The van der Waals surface area contributed by atoms with Crippen LogP contribution in [0.25, 0.3) is 0 Å². The summed E-state index contributed by atoms with van der Waals surface area (Å²) in [6.07, 6.45) is 3.14. The zero-order valence-electron chi connectivity index (χ0n) is 11.5. The molecule has 1 unspecified atom stereocenters. The minimum atomic E-state index is 0.353. The molecule has 1 atom stereocenters. The predicted molar refractivity (Wildman–Crippen MR) is 68.2 cm³/mol. The summed E-state index contributed by atoms with van der Waals surface area (Å²) in [5, 5.41) is 0. The Balaban J connectivity index is 2.38. The number of rotatable bonds is 3. The minimum absolute atomic E-state index is 0.353. The summed E-state index contributed by atoms with van der Waals surface area (Å²) in [7, 11) is 0. The Morgan fingerprint density at radius 1 is 1.38 bits per heavy atom. The number of carbonyl (C=O) groups is 1. The molecule has 0 radical (unpaired) electrons. The fourth-order valence-electron chi connectivity index (χ4n) is 2.57. The number of likely N-dealkylation sites (tertiary alicyclic amines) is 1. The molecule has 2 nitrogen and oxygen atoms in total. The van der Waals surface area contributed by atoms with Crippen molar-refractivity contribution in [2.45, 2.75) is 53.9 Å². The third-order valence-corrected chi connectivity index (χ3v) is 3.12. The summed E-state index contributed by atoms with van der Waals surface area (Å²) in [6, 6.07) is 0. The molecule has 0 spiro atoms. The van der Waals surface area contributed by atoms with Gasteiger partial charge < -0.3 is 4.90 Å². The Morgan fingerprint density at radius 3 is 2.50 bits per heavy atom. The normalized spacial score (nSPS) is 21.9. The Morgan fingerprint density at radius 2 is 2.00 bits per heavy atom. The van der Waals surface area contributed by atoms with Crippen LogP contribution in [-0.4, -0.2) is 23.9 Å². The largest absolute Gasteiger partial charge is 0.342 e. The first-order valence-electron chi connectivity index (χ1n) is 6.55. The Kier molecular flexibility index (Phi) is 4.40. The maximum Gasteiger partial charge on any atom is 0.222 e. The maximum absolute atomic E-state index is 11.9. The van der Waals surface area contributed by atoms with Crippen LogP contribution in [0, 0.1) is 17.3 Å². The first-order chi connectivity index (χ1) is 7.28. The fraction of sp³-hybridized carbons (Fsp3) is 0.929. The van der Waals surface area contributed by atoms with E-state index in [0.29, 0.717) is 23.7 Å². The number of nitrogens with zero attached hydrogens (tertiary/aromatic N) is 1. The van der Waals surface area contributed by atoms with Gasteiger partial charge >= 0.3 is 0 Å². The van der Waals surface area contributed by atoms with Crippen LogP contribution in [0.2, 0.25) is 0 Å². The first-order valence-corrected chi connectivity index (χ1v) is 6.55. The van der Waals surface area contributed by atoms with Crippen molar-refractivity contribution in [3.63, 3.8) is 0 Å². The van der Waals surface area contributed by atoms with Crippen molar-refractivity contribution in [3.8, 4) is 0 Å². The van der Waals surface area contributed by atoms with E-state index in [2.05, 4.69) is 39.5 Å². The van der Waals surface area contributed by atoms with E-state index in [1.54, 1.807) is 0 Å². The molecule has 1 fully saturated rings. The Hall–Kier alpha value is -0.530. The standard InChI is InChI=1S/C14H27NO/c1-11(2)8-13(16)15-7-6-12(10-15)9-14(3,4)5/h11-12H,6-10H2,1-5H3. The SMILES string of the molecule is CC(C)CC(=O)N1CCC(CC(C)(C)C)C1. The van der Waals surface area contributed by atoms with Gasteiger partial charge in [0, 0.05) is 19.5 Å². The second-order valence-corrected chi connectivity index (χ2v) is 6.86. The van der Waals surface area contributed by atoms with Gasteiger partial charge in [0.1, 0.15) is 0 Å². The fourth-order valence-corrected chi connectivity index (χ4v) is 2.57. The van der Waals surface area contributed by atoms with Gasteiger partial charge in [-0.2, -0.15) is 0 Å². The number of carbonyl (C=O) groups excluding carboxylic acids is 1. The summed E-state index contributed by atoms with van der Waals surface area (Å²) in [5.41, 5.74) is 0.391. The van der Waals surface area contributed by atoms with Crippen LogP contribution in [-0.2, 0) is 4.79 Å². The quantitative estimate of drug-likeness (QED) is 0.721. The second-order valence-electron chi connectivity index (χ2n) is 6.86. The van der Waals surface area contributed by atoms with Crippen LogP contribution < -0.4 is 0 Å². The molecule has 2 heteroatoms. The maximum atomic E-state index is 11.9. The van der Waals surface area contributed by atoms with Gasteiger partial charge in [0.2, 0.25) is 5.91 Å². The Bertz CT molecular complexity index is 240. The van der Waals surface area contributed by atoms with Crippen molar-refractivity contribution in [1.29, 1.82) is 0 Å². The molecule has 0 aromatic carbocycles. The summed E-state index contributed by atoms with van der Waals surface area (Å²) < 4.78 is 0. The van der Waals surface area contributed by atoms with Crippen molar-refractivity contribution in [2.24, 2.45) is 17.3 Å². The van der Waals surface area contributed by atoms with E-state index in [1.165, 1.54) is 12.8 Å². The van der Waals surface area contributed by atoms with Gasteiger partial charge in [-0.05, 0) is 30.1 Å². The van der Waals surface area contributed by atoms with Crippen molar-refractivity contribution in [3.05, 3.63) is 0 Å². The highest BCUT2D eigenvalue weighted by atomic mass is 16.2. The zero-order chi connectivity index (χ0) is 12.3. The number of amides is 1. The van der Waals surface area contributed by atoms with Crippen molar-refractivity contribution < 1.29 is 4.79 Å². The molecule has 0 aliphatic carbocycles. The van der Waals surface area contributed by atoms with Gasteiger partial charge in [0.25, 0.3) is 0 Å². The lowest BCUT2D eigenvalue weighted by atomic mass is 9.84. The molecule has 0 saturated carbocycles. The predicted octanol–water partition coefficient (Wildman–Crippen LogP) is 3.32. The zero-order valence-corrected chi connectivity index (χ0v) is 11.5. The summed E-state index contributed by atoms with van der Waals surface area (Å²) >= 11 is 0. The first kappa shape index (κ1) is 13.5. The highest BCUT2D eigenvalue weighted by molar-refractivity contribution is 5.76. The van der Waals surface area contributed by atoms with Crippen LogP contribution in [0.1, 0.15) is 53.9 Å². The molecule has 0 N–H and O–H groups in total. The van der Waals surface area contributed by atoms with E-state index < -0.39 is 0 Å². The van der Waals surface area contributed by atoms with Crippen LogP contribution in [0.15, 0.2) is 0 Å². The third kappa shape index (κ3) is 4.54. The highest BCUT2D eigenvalue weighted by Gasteiger charge is 2.29. The molecule has 1 amide bonds. The lowest BCUT2D eigenvalue weighted by Gasteiger charge is -2.23. The average molecular weight is 225 g/mol. The van der Waals surface area contributed by atoms with E-state index in [0.717, 1.165) is 19.0 Å². The highest BCUT2D eigenvalue weighted by Crippen LogP contribution is 2.30. The molecule has 1 aliphatic rings. The van der Waals surface area contributed by atoms with Crippen LogP contribution >= 0.6 is 0 Å². The minimum Gasteiger partial charge on any atom is -0.342 e. The number of hydrogen-bond acceptors (Lipinski definition) is 1. The van der Waals surface area contributed by atoms with Crippen LogP contribution in [0.4, 0.5) is 0 Å². The van der Waals surface area contributed by atoms with Crippen molar-refractivity contribution >= 4 is 5.91 Å². The van der Waals surface area contributed by atoms with E-state index in [9.17, 15) is 4.79 Å². The molecule has 16 heavy (non-hydrogen) atoms. The summed E-state index contributed by atoms with van der Waals surface area (Å²) in [4.78, 5) is 14.0. The molecule has 1 rings (SSSR count). The third-order valence-electron chi connectivity index (χ3n) is 3.12. The second kappa shape index (κ2) is 5.20. The number of hydrogen-bond donors (Lipinski definition) is 0. The molecular weight excluding hydrogens is 198 g/mol. The average Bonchev–Trinajstić information content (AvgIpc) is 2.48. The van der Waals surface area contributed by atoms with Crippen molar-refractivity contribution in [2.75, 3.05) is 13.1 Å². The van der Waals surface area contributed by atoms with E-state index in [-0.39, 0.29) is 0 Å². The van der Waals surface area contributed by atoms with Crippen LogP contribution in [0.5, 0.6) is 0 Å². The Labute approximate surface area is 100 Å². The topological polar surface area (TPSA) is 20.3 Å². The lowest BCUT2D eigenvalue weighted by molar-refractivity contribution is -0.131. The van der Waals surface area contributed by atoms with Crippen LogP contribution in [0.3, 0.4) is 0 Å². The van der Waals surface area contributed by atoms with Gasteiger partial charge in [-0.15, -0.1) is 0 Å². The molecule has 94 valence electrons. The van der Waals surface area contributed by atoms with Gasteiger partial charge in [-0.25, -0.2) is 0 Å². The molecule has 0 aromatic rings. The molecule has 1 aliphatic heterocycles. The van der Waals surface area contributed by atoms with Crippen molar-refractivity contribution in [1.82, 2.24) is 4.90 Å². The summed E-state index contributed by atoms with van der Waals surface area (Å²) in [5.74, 6) is 1.55. The van der Waals surface area contributed by atoms with E-state index in [1.807, 2.05) is 0 Å². The monoisotopic (exact) mass is 225 g/mol. The molecule has 0 bridgehead atoms. The molecular formula is C14H27NO. The lowest BCUT2D eigenvalue weighted by Crippen LogP contribution is -2.30. The van der Waals surface area contributed by atoms with Gasteiger partial charge in [-0.3, -0.25) is 4.79 Å².